The van der Waals surface area contributed by atoms with Gasteiger partial charge < -0.3 is 5.11 Å². The fraction of sp³-hybridized carbons (Fsp3) is 0.111. The number of benzene rings is 2. The Kier molecular flexibility index (Phi) is 3.89. The Hall–Kier alpha value is -3.02. The molecule has 1 aromatic heterocycles. The topological polar surface area (TPSA) is 59.3 Å². The van der Waals surface area contributed by atoms with E-state index in [0.717, 1.165) is 12.1 Å². The molecule has 3 rings (SSSR count). The van der Waals surface area contributed by atoms with Gasteiger partial charge in [0.05, 0.1) is 5.52 Å². The maximum atomic E-state index is 13.4. The zero-order valence-corrected chi connectivity index (χ0v) is 12.6. The van der Waals surface area contributed by atoms with Crippen LogP contribution in [0.5, 0.6) is 5.75 Å². The number of rotatable bonds is 3. The summed E-state index contributed by atoms with van der Waals surface area (Å²) in [5.41, 5.74) is 1.47. The normalized spacial score (nSPS) is 11.0. The molecule has 0 fully saturated rings. The van der Waals surface area contributed by atoms with E-state index in [1.165, 1.54) is 28.8 Å². The number of aromatic nitrogens is 1. The molecule has 1 radical (unpaired) electrons. The highest BCUT2D eigenvalue weighted by molar-refractivity contribution is 6.04. The molecule has 24 heavy (non-hydrogen) atoms. The van der Waals surface area contributed by atoms with Gasteiger partial charge in [-0.1, -0.05) is 0 Å². The van der Waals surface area contributed by atoms with E-state index in [4.69, 9.17) is 0 Å². The van der Waals surface area contributed by atoms with Crippen molar-refractivity contribution in [3.05, 3.63) is 64.9 Å². The summed E-state index contributed by atoms with van der Waals surface area (Å²) < 4.78 is 27.8. The summed E-state index contributed by atoms with van der Waals surface area (Å²) in [7, 11) is 0. The van der Waals surface area contributed by atoms with E-state index in [-0.39, 0.29) is 17.7 Å². The number of aromatic hydroxyl groups is 1. The SMILES string of the molecule is Cc1c(C[C]=O)c2cc(O)ccc2n1C(=O)c1ccc(F)c(F)c1. The number of fused-ring (bicyclic) bond motifs is 1. The highest BCUT2D eigenvalue weighted by Gasteiger charge is 2.21. The van der Waals surface area contributed by atoms with Crippen LogP contribution in [0.15, 0.2) is 36.4 Å². The minimum absolute atomic E-state index is 0.00734. The van der Waals surface area contributed by atoms with E-state index in [0.29, 0.717) is 22.2 Å². The number of halogens is 2. The molecule has 2 aromatic carbocycles. The van der Waals surface area contributed by atoms with Crippen molar-refractivity contribution in [1.29, 1.82) is 0 Å². The molecular formula is C18H12F2NO3. The molecule has 0 amide bonds. The van der Waals surface area contributed by atoms with Crippen molar-refractivity contribution in [1.82, 2.24) is 4.57 Å². The van der Waals surface area contributed by atoms with Crippen LogP contribution in [0.3, 0.4) is 0 Å². The van der Waals surface area contributed by atoms with E-state index in [1.54, 1.807) is 13.2 Å². The second-order valence-electron chi connectivity index (χ2n) is 5.36. The molecule has 0 atom stereocenters. The first-order valence-corrected chi connectivity index (χ1v) is 7.11. The predicted octanol–water partition coefficient (Wildman–Crippen LogP) is 3.27. The van der Waals surface area contributed by atoms with Gasteiger partial charge in [0, 0.05) is 23.1 Å². The number of hydrogen-bond acceptors (Lipinski definition) is 3. The van der Waals surface area contributed by atoms with E-state index < -0.39 is 17.5 Å². The highest BCUT2D eigenvalue weighted by Crippen LogP contribution is 2.30. The summed E-state index contributed by atoms with van der Waals surface area (Å²) in [5, 5.41) is 10.2. The summed E-state index contributed by atoms with van der Waals surface area (Å²) in [6.07, 6.45) is 1.73. The number of carbonyl (C=O) groups is 1. The van der Waals surface area contributed by atoms with E-state index in [2.05, 4.69) is 0 Å². The Morgan fingerprint density at radius 3 is 2.58 bits per heavy atom. The van der Waals surface area contributed by atoms with Gasteiger partial charge in [-0.05, 0) is 48.9 Å². The summed E-state index contributed by atoms with van der Waals surface area (Å²) >= 11 is 0. The van der Waals surface area contributed by atoms with Gasteiger partial charge in [0.2, 0.25) is 6.29 Å². The molecular weight excluding hydrogens is 316 g/mol. The van der Waals surface area contributed by atoms with Crippen molar-refractivity contribution in [3.63, 3.8) is 0 Å². The number of phenolic OH excluding ortho intramolecular Hbond substituents is 1. The van der Waals surface area contributed by atoms with Crippen LogP contribution in [0.2, 0.25) is 0 Å². The maximum absolute atomic E-state index is 13.4. The van der Waals surface area contributed by atoms with Gasteiger partial charge in [-0.2, -0.15) is 0 Å². The molecule has 0 saturated heterocycles. The van der Waals surface area contributed by atoms with Crippen molar-refractivity contribution in [2.75, 3.05) is 0 Å². The monoisotopic (exact) mass is 328 g/mol. The predicted molar refractivity (Wildman–Crippen MR) is 83.8 cm³/mol. The largest absolute Gasteiger partial charge is 0.508 e. The lowest BCUT2D eigenvalue weighted by Crippen LogP contribution is -2.14. The molecule has 0 bridgehead atoms. The van der Waals surface area contributed by atoms with Crippen LogP contribution in [0, 0.1) is 18.6 Å². The van der Waals surface area contributed by atoms with Crippen molar-refractivity contribution in [3.8, 4) is 5.75 Å². The highest BCUT2D eigenvalue weighted by atomic mass is 19.2. The zero-order valence-electron chi connectivity index (χ0n) is 12.6. The third-order valence-corrected chi connectivity index (χ3v) is 3.94. The van der Waals surface area contributed by atoms with Crippen molar-refractivity contribution >= 4 is 23.1 Å². The first-order valence-electron chi connectivity index (χ1n) is 7.11. The molecule has 6 heteroatoms. The molecule has 4 nitrogen and oxygen atoms in total. The average molecular weight is 328 g/mol. The maximum Gasteiger partial charge on any atom is 0.262 e. The smallest absolute Gasteiger partial charge is 0.262 e. The van der Waals surface area contributed by atoms with Crippen molar-refractivity contribution < 1.29 is 23.5 Å². The van der Waals surface area contributed by atoms with Crippen LogP contribution >= 0.6 is 0 Å². The molecule has 0 unspecified atom stereocenters. The number of hydrogen-bond donors (Lipinski definition) is 1. The van der Waals surface area contributed by atoms with Crippen LogP contribution in [0.4, 0.5) is 8.78 Å². The minimum atomic E-state index is -1.12. The second-order valence-corrected chi connectivity index (χ2v) is 5.36. The van der Waals surface area contributed by atoms with Gasteiger partial charge in [-0.3, -0.25) is 14.2 Å². The number of phenols is 1. The molecule has 1 heterocycles. The lowest BCUT2D eigenvalue weighted by molar-refractivity contribution is 0.0962. The fourth-order valence-corrected chi connectivity index (χ4v) is 2.79. The Balaban J connectivity index is 2.25. The Bertz CT molecular complexity index is 976. The quantitative estimate of drug-likeness (QED) is 0.803. The molecule has 0 saturated carbocycles. The van der Waals surface area contributed by atoms with Gasteiger partial charge in [0.1, 0.15) is 5.75 Å². The Morgan fingerprint density at radius 2 is 1.92 bits per heavy atom. The average Bonchev–Trinajstić information content (AvgIpc) is 2.82. The van der Waals surface area contributed by atoms with Crippen LogP contribution in [-0.2, 0) is 11.2 Å². The second kappa shape index (κ2) is 5.88. The third-order valence-electron chi connectivity index (χ3n) is 3.94. The molecule has 0 aliphatic carbocycles. The van der Waals surface area contributed by atoms with Gasteiger partial charge in [-0.25, -0.2) is 8.78 Å². The standard InChI is InChI=1S/C18H12F2NO3/c1-10-13(6-7-22)14-9-12(23)3-5-17(14)21(10)18(24)11-2-4-15(19)16(20)8-11/h2-5,8-9,23H,6H2,1H3. The van der Waals surface area contributed by atoms with Gasteiger partial charge in [0.25, 0.3) is 5.91 Å². The van der Waals surface area contributed by atoms with Crippen LogP contribution in [0.1, 0.15) is 21.6 Å². The van der Waals surface area contributed by atoms with Crippen LogP contribution in [0.25, 0.3) is 10.9 Å². The summed E-state index contributed by atoms with van der Waals surface area (Å²) in [4.78, 5) is 23.6. The Labute approximate surface area is 135 Å². The summed E-state index contributed by atoms with van der Waals surface area (Å²) in [5.74, 6) is -2.72. The number of carbonyl (C=O) groups excluding carboxylic acids is 2. The fourth-order valence-electron chi connectivity index (χ4n) is 2.79. The Morgan fingerprint density at radius 1 is 1.17 bits per heavy atom. The van der Waals surface area contributed by atoms with Crippen LogP contribution < -0.4 is 0 Å². The van der Waals surface area contributed by atoms with Gasteiger partial charge >= 0.3 is 0 Å². The lowest BCUT2D eigenvalue weighted by Gasteiger charge is -2.08. The van der Waals surface area contributed by atoms with Gasteiger partial charge in [0.15, 0.2) is 11.6 Å². The molecule has 0 spiro atoms. The van der Waals surface area contributed by atoms with E-state index >= 15 is 0 Å². The summed E-state index contributed by atoms with van der Waals surface area (Å²) in [6, 6.07) is 7.29. The molecule has 1 N–H and O–H groups in total. The van der Waals surface area contributed by atoms with Gasteiger partial charge in [-0.15, -0.1) is 0 Å². The van der Waals surface area contributed by atoms with Crippen molar-refractivity contribution in [2.24, 2.45) is 0 Å². The third kappa shape index (κ3) is 2.46. The first kappa shape index (κ1) is 15.9. The van der Waals surface area contributed by atoms with E-state index in [1.807, 2.05) is 0 Å². The molecule has 121 valence electrons. The first-order chi connectivity index (χ1) is 11.4. The van der Waals surface area contributed by atoms with Crippen LogP contribution in [-0.4, -0.2) is 21.9 Å². The minimum Gasteiger partial charge on any atom is -0.508 e. The van der Waals surface area contributed by atoms with Crippen molar-refractivity contribution in [2.45, 2.75) is 13.3 Å². The molecule has 0 aliphatic heterocycles. The lowest BCUT2D eigenvalue weighted by atomic mass is 10.1. The zero-order chi connectivity index (χ0) is 17.4. The number of nitrogens with zero attached hydrogens (tertiary/aromatic N) is 1. The van der Waals surface area contributed by atoms with E-state index in [9.17, 15) is 23.5 Å². The molecule has 0 aliphatic rings. The molecule has 3 aromatic rings. The summed E-state index contributed by atoms with van der Waals surface area (Å²) in [6.45, 7) is 1.64.